The van der Waals surface area contributed by atoms with Crippen molar-refractivity contribution in [2.75, 3.05) is 18.1 Å². The molecule has 1 aliphatic rings. The predicted octanol–water partition coefficient (Wildman–Crippen LogP) is 0.0566. The molecule has 1 saturated carbocycles. The lowest BCUT2D eigenvalue weighted by Gasteiger charge is -2.04. The number of amides is 3. The van der Waals surface area contributed by atoms with Gasteiger partial charge in [0.1, 0.15) is 0 Å². The van der Waals surface area contributed by atoms with Crippen molar-refractivity contribution < 1.29 is 9.59 Å². The summed E-state index contributed by atoms with van der Waals surface area (Å²) in [5.74, 6) is 0.932. The van der Waals surface area contributed by atoms with E-state index in [0.29, 0.717) is 12.3 Å². The van der Waals surface area contributed by atoms with E-state index < -0.39 is 0 Å². The van der Waals surface area contributed by atoms with Crippen molar-refractivity contribution in [3.05, 3.63) is 0 Å². The van der Waals surface area contributed by atoms with Gasteiger partial charge in [-0.2, -0.15) is 11.8 Å². The Hall–Kier alpha value is -0.750. The second-order valence-corrected chi connectivity index (χ2v) is 4.60. The fourth-order valence-corrected chi connectivity index (χ4v) is 1.73. The van der Waals surface area contributed by atoms with Gasteiger partial charge in [0.2, 0.25) is 5.91 Å². The van der Waals surface area contributed by atoms with Gasteiger partial charge in [-0.05, 0) is 31.6 Å². The number of thioether (sulfide) groups is 1. The molecule has 5 nitrogen and oxygen atoms in total. The summed E-state index contributed by atoms with van der Waals surface area (Å²) in [4.78, 5) is 22.3. The van der Waals surface area contributed by atoms with E-state index in [1.54, 1.807) is 0 Å². The molecular formula is C9H17N3O2S. The van der Waals surface area contributed by atoms with Crippen molar-refractivity contribution in [3.63, 3.8) is 0 Å². The lowest BCUT2D eigenvalue weighted by Crippen LogP contribution is -2.41. The van der Waals surface area contributed by atoms with Crippen LogP contribution in [0.2, 0.25) is 0 Å². The van der Waals surface area contributed by atoms with Crippen LogP contribution in [0.3, 0.4) is 0 Å². The van der Waals surface area contributed by atoms with E-state index in [-0.39, 0.29) is 18.0 Å². The fourth-order valence-electron chi connectivity index (χ4n) is 0.962. The number of imide groups is 1. The van der Waals surface area contributed by atoms with Crippen molar-refractivity contribution >= 4 is 23.7 Å². The van der Waals surface area contributed by atoms with E-state index in [2.05, 4.69) is 10.6 Å². The molecule has 3 amide bonds. The SMILES string of the molecule is NCCCSCC(=O)NC(=O)NC1CC1. The normalized spacial score (nSPS) is 14.7. The van der Waals surface area contributed by atoms with Crippen molar-refractivity contribution in [2.24, 2.45) is 5.73 Å². The zero-order valence-corrected chi connectivity index (χ0v) is 9.44. The average molecular weight is 231 g/mol. The highest BCUT2D eigenvalue weighted by atomic mass is 32.2. The molecule has 1 aliphatic carbocycles. The molecule has 0 radical (unpaired) electrons. The van der Waals surface area contributed by atoms with Gasteiger partial charge >= 0.3 is 6.03 Å². The van der Waals surface area contributed by atoms with Gasteiger partial charge < -0.3 is 11.1 Å². The maximum Gasteiger partial charge on any atom is 0.321 e. The zero-order chi connectivity index (χ0) is 11.1. The number of hydrogen-bond donors (Lipinski definition) is 3. The van der Waals surface area contributed by atoms with Crippen molar-refractivity contribution in [1.29, 1.82) is 0 Å². The molecule has 86 valence electrons. The second-order valence-electron chi connectivity index (χ2n) is 3.49. The first kappa shape index (κ1) is 12.3. The minimum Gasteiger partial charge on any atom is -0.335 e. The van der Waals surface area contributed by atoms with Gasteiger partial charge in [0.05, 0.1) is 5.75 Å². The second kappa shape index (κ2) is 6.68. The summed E-state index contributed by atoms with van der Waals surface area (Å²) in [6.07, 6.45) is 2.94. The predicted molar refractivity (Wildman–Crippen MR) is 60.7 cm³/mol. The summed E-state index contributed by atoms with van der Waals surface area (Å²) >= 11 is 1.49. The van der Waals surface area contributed by atoms with Crippen molar-refractivity contribution in [3.8, 4) is 0 Å². The molecule has 1 rings (SSSR count). The number of rotatable bonds is 6. The van der Waals surface area contributed by atoms with Gasteiger partial charge in [0.25, 0.3) is 0 Å². The van der Waals surface area contributed by atoms with Crippen LogP contribution in [0.15, 0.2) is 0 Å². The third-order valence-corrected chi connectivity index (χ3v) is 2.94. The number of urea groups is 1. The highest BCUT2D eigenvalue weighted by Gasteiger charge is 2.23. The molecule has 0 saturated heterocycles. The summed E-state index contributed by atoms with van der Waals surface area (Å²) < 4.78 is 0. The minimum absolute atomic E-state index is 0.241. The van der Waals surface area contributed by atoms with Crippen LogP contribution in [-0.2, 0) is 4.79 Å². The Balaban J connectivity index is 1.98. The first-order valence-electron chi connectivity index (χ1n) is 5.10. The Labute approximate surface area is 93.5 Å². The van der Waals surface area contributed by atoms with Gasteiger partial charge in [-0.3, -0.25) is 10.1 Å². The Morgan fingerprint density at radius 1 is 1.40 bits per heavy atom. The molecule has 0 spiro atoms. The Kier molecular flexibility index (Phi) is 5.49. The summed E-state index contributed by atoms with van der Waals surface area (Å²) in [5.41, 5.74) is 5.31. The number of carbonyl (C=O) groups is 2. The van der Waals surface area contributed by atoms with Gasteiger partial charge in [-0.1, -0.05) is 0 Å². The average Bonchev–Trinajstić information content (AvgIpc) is 2.96. The molecule has 0 atom stereocenters. The Bertz CT molecular complexity index is 231. The zero-order valence-electron chi connectivity index (χ0n) is 8.62. The molecule has 0 heterocycles. The van der Waals surface area contributed by atoms with Crippen LogP contribution < -0.4 is 16.4 Å². The van der Waals surface area contributed by atoms with Crippen LogP contribution >= 0.6 is 11.8 Å². The Morgan fingerprint density at radius 3 is 2.73 bits per heavy atom. The van der Waals surface area contributed by atoms with Crippen molar-refractivity contribution in [1.82, 2.24) is 10.6 Å². The van der Waals surface area contributed by atoms with Gasteiger partial charge in [0, 0.05) is 6.04 Å². The third-order valence-electron chi connectivity index (χ3n) is 1.89. The molecule has 6 heteroatoms. The maximum atomic E-state index is 11.2. The van der Waals surface area contributed by atoms with Crippen LogP contribution in [0.25, 0.3) is 0 Å². The van der Waals surface area contributed by atoms with Crippen LogP contribution in [0.1, 0.15) is 19.3 Å². The summed E-state index contributed by atoms with van der Waals surface area (Å²) in [7, 11) is 0. The first-order chi connectivity index (χ1) is 7.22. The highest BCUT2D eigenvalue weighted by Crippen LogP contribution is 2.18. The van der Waals surface area contributed by atoms with E-state index in [9.17, 15) is 9.59 Å². The minimum atomic E-state index is -0.373. The van der Waals surface area contributed by atoms with E-state index in [1.807, 2.05) is 0 Å². The molecular weight excluding hydrogens is 214 g/mol. The molecule has 1 fully saturated rings. The lowest BCUT2D eigenvalue weighted by atomic mass is 10.5. The lowest BCUT2D eigenvalue weighted by molar-refractivity contribution is -0.117. The molecule has 0 aromatic heterocycles. The third kappa shape index (κ3) is 6.35. The molecule has 4 N–H and O–H groups in total. The van der Waals surface area contributed by atoms with Crippen molar-refractivity contribution in [2.45, 2.75) is 25.3 Å². The van der Waals surface area contributed by atoms with Gasteiger partial charge in [-0.15, -0.1) is 0 Å². The Morgan fingerprint density at radius 2 is 2.13 bits per heavy atom. The highest BCUT2D eigenvalue weighted by molar-refractivity contribution is 7.99. The number of hydrogen-bond acceptors (Lipinski definition) is 4. The number of nitrogens with one attached hydrogen (secondary N) is 2. The summed E-state index contributed by atoms with van der Waals surface area (Å²) in [6, 6.07) is -0.0929. The largest absolute Gasteiger partial charge is 0.335 e. The summed E-state index contributed by atoms with van der Waals surface area (Å²) in [5, 5.41) is 4.97. The molecule has 0 bridgehead atoms. The molecule has 0 aromatic rings. The molecule has 0 aliphatic heterocycles. The monoisotopic (exact) mass is 231 g/mol. The van der Waals surface area contributed by atoms with Gasteiger partial charge in [-0.25, -0.2) is 4.79 Å². The standard InChI is InChI=1S/C9H17N3O2S/c10-4-1-5-15-6-8(13)12-9(14)11-7-2-3-7/h7H,1-6,10H2,(H2,11,12,13,14). The molecule has 0 aromatic carbocycles. The smallest absolute Gasteiger partial charge is 0.321 e. The van der Waals surface area contributed by atoms with E-state index >= 15 is 0 Å². The van der Waals surface area contributed by atoms with Crippen LogP contribution in [-0.4, -0.2) is 36.0 Å². The number of carbonyl (C=O) groups excluding carboxylic acids is 2. The van der Waals surface area contributed by atoms with Gasteiger partial charge in [0.15, 0.2) is 0 Å². The maximum absolute atomic E-state index is 11.2. The van der Waals surface area contributed by atoms with Crippen LogP contribution in [0.5, 0.6) is 0 Å². The quantitative estimate of drug-likeness (QED) is 0.564. The van der Waals surface area contributed by atoms with Crippen LogP contribution in [0.4, 0.5) is 4.79 Å². The van der Waals surface area contributed by atoms with E-state index in [1.165, 1.54) is 11.8 Å². The summed E-state index contributed by atoms with van der Waals surface area (Å²) in [6.45, 7) is 0.636. The van der Waals surface area contributed by atoms with E-state index in [0.717, 1.165) is 25.0 Å². The fraction of sp³-hybridized carbons (Fsp3) is 0.778. The van der Waals surface area contributed by atoms with Crippen LogP contribution in [0, 0.1) is 0 Å². The molecule has 0 unspecified atom stereocenters. The first-order valence-corrected chi connectivity index (χ1v) is 6.26. The number of nitrogens with two attached hydrogens (primary N) is 1. The van der Waals surface area contributed by atoms with E-state index in [4.69, 9.17) is 5.73 Å². The molecule has 15 heavy (non-hydrogen) atoms. The topological polar surface area (TPSA) is 84.2 Å².